The summed E-state index contributed by atoms with van der Waals surface area (Å²) in [6, 6.07) is 5.99. The molecule has 0 radical (unpaired) electrons. The average molecular weight is 410 g/mol. The molecule has 0 aliphatic carbocycles. The summed E-state index contributed by atoms with van der Waals surface area (Å²) in [5, 5.41) is 21.2. The minimum Gasteiger partial charge on any atom is -0.315 e. The van der Waals surface area contributed by atoms with E-state index in [1.165, 1.54) is 6.21 Å². The van der Waals surface area contributed by atoms with E-state index >= 15 is 0 Å². The number of aromatic nitrogens is 3. The molecule has 0 amide bonds. The van der Waals surface area contributed by atoms with Gasteiger partial charge in [-0.25, -0.2) is 13.8 Å². The highest BCUT2D eigenvalue weighted by Crippen LogP contribution is 2.40. The molecule has 30 heavy (non-hydrogen) atoms. The molecule has 0 spiro atoms. The van der Waals surface area contributed by atoms with Gasteiger partial charge in [0, 0.05) is 17.6 Å². The second-order valence-corrected chi connectivity index (χ2v) is 7.48. The van der Waals surface area contributed by atoms with Gasteiger partial charge < -0.3 is 15.4 Å². The van der Waals surface area contributed by atoms with Crippen molar-refractivity contribution in [1.29, 1.82) is 10.7 Å². The molecule has 1 fully saturated rings. The van der Waals surface area contributed by atoms with E-state index in [0.717, 1.165) is 0 Å². The lowest BCUT2D eigenvalue weighted by Crippen LogP contribution is -2.31. The minimum absolute atomic E-state index is 0.105. The number of likely N-dealkylation sites (tertiary alicyclic amines) is 1. The van der Waals surface area contributed by atoms with Gasteiger partial charge in [0.2, 0.25) is 0 Å². The molecular weight excluding hydrogens is 390 g/mol. The molecule has 0 saturated carbocycles. The van der Waals surface area contributed by atoms with Crippen LogP contribution in [0.3, 0.4) is 0 Å². The third-order valence-electron chi connectivity index (χ3n) is 5.07. The van der Waals surface area contributed by atoms with Crippen LogP contribution in [0, 0.1) is 16.7 Å². The number of fused-ring (bicyclic) bond motifs is 3. The zero-order valence-corrected chi connectivity index (χ0v) is 16.5. The molecule has 154 valence electrons. The van der Waals surface area contributed by atoms with Gasteiger partial charge in [-0.3, -0.25) is 9.88 Å². The molecule has 3 aromatic rings. The fourth-order valence-electron chi connectivity index (χ4n) is 3.84. The van der Waals surface area contributed by atoms with E-state index in [0.29, 0.717) is 33.3 Å². The maximum absolute atomic E-state index is 14.9. The Morgan fingerprint density at radius 3 is 2.93 bits per heavy atom. The molecule has 10 heteroatoms. The number of halogens is 2. The Balaban J connectivity index is 1.93. The van der Waals surface area contributed by atoms with Gasteiger partial charge in [-0.15, -0.1) is 0 Å². The number of hydrazone groups is 1. The fourth-order valence-corrected chi connectivity index (χ4v) is 3.84. The second kappa shape index (κ2) is 7.42. The SMILES string of the molecule is CC(=N)/C=N\NCc1nc2cnc3ccc(C#N)cc3c2n1C1CN(C)CC1(F)F. The maximum atomic E-state index is 14.9. The van der Waals surface area contributed by atoms with Crippen molar-refractivity contribution in [2.24, 2.45) is 5.10 Å². The van der Waals surface area contributed by atoms with Crippen LogP contribution in [-0.2, 0) is 6.54 Å². The van der Waals surface area contributed by atoms with Crippen LogP contribution in [0.25, 0.3) is 21.9 Å². The number of rotatable bonds is 5. The monoisotopic (exact) mass is 410 g/mol. The maximum Gasteiger partial charge on any atom is 0.282 e. The number of nitriles is 1. The first-order chi connectivity index (χ1) is 14.3. The van der Waals surface area contributed by atoms with Crippen molar-refractivity contribution in [3.8, 4) is 6.07 Å². The number of imidazole rings is 1. The van der Waals surface area contributed by atoms with Crippen LogP contribution in [0.4, 0.5) is 8.78 Å². The predicted molar refractivity (Wildman–Crippen MR) is 110 cm³/mol. The van der Waals surface area contributed by atoms with Crippen molar-refractivity contribution in [3.63, 3.8) is 0 Å². The van der Waals surface area contributed by atoms with Crippen molar-refractivity contribution in [1.82, 2.24) is 24.9 Å². The minimum atomic E-state index is -2.95. The first kappa shape index (κ1) is 19.8. The summed E-state index contributed by atoms with van der Waals surface area (Å²) in [6.45, 7) is 1.51. The second-order valence-electron chi connectivity index (χ2n) is 7.48. The summed E-state index contributed by atoms with van der Waals surface area (Å²) >= 11 is 0. The van der Waals surface area contributed by atoms with Crippen LogP contribution in [0.15, 0.2) is 29.5 Å². The highest BCUT2D eigenvalue weighted by Gasteiger charge is 2.49. The summed E-state index contributed by atoms with van der Waals surface area (Å²) < 4.78 is 31.4. The smallest absolute Gasteiger partial charge is 0.282 e. The van der Waals surface area contributed by atoms with Crippen LogP contribution in [0.2, 0.25) is 0 Å². The summed E-state index contributed by atoms with van der Waals surface area (Å²) in [5.74, 6) is -2.56. The first-order valence-corrected chi connectivity index (χ1v) is 9.37. The van der Waals surface area contributed by atoms with E-state index < -0.39 is 12.0 Å². The van der Waals surface area contributed by atoms with Gasteiger partial charge in [-0.2, -0.15) is 10.4 Å². The molecule has 1 aromatic carbocycles. The molecule has 1 aliphatic rings. The zero-order chi connectivity index (χ0) is 21.5. The number of pyridine rings is 1. The van der Waals surface area contributed by atoms with E-state index in [1.54, 1.807) is 47.8 Å². The average Bonchev–Trinajstić information content (AvgIpc) is 3.19. The molecule has 0 bridgehead atoms. The molecule has 1 atom stereocenters. The van der Waals surface area contributed by atoms with Gasteiger partial charge in [-0.05, 0) is 32.2 Å². The number of hydrogen-bond acceptors (Lipinski definition) is 7. The lowest BCUT2D eigenvalue weighted by Gasteiger charge is -2.22. The number of nitrogens with zero attached hydrogens (tertiary/aromatic N) is 6. The van der Waals surface area contributed by atoms with Crippen molar-refractivity contribution >= 4 is 33.9 Å². The molecule has 1 unspecified atom stereocenters. The first-order valence-electron chi connectivity index (χ1n) is 9.37. The number of alkyl halides is 2. The van der Waals surface area contributed by atoms with Crippen LogP contribution in [0.5, 0.6) is 0 Å². The Labute approximate surface area is 171 Å². The van der Waals surface area contributed by atoms with Crippen molar-refractivity contribution in [2.75, 3.05) is 20.1 Å². The number of likely N-dealkylation sites (N-methyl/N-ethyl adjacent to an activating group) is 1. The molecule has 2 N–H and O–H groups in total. The van der Waals surface area contributed by atoms with Crippen LogP contribution < -0.4 is 5.43 Å². The Morgan fingerprint density at radius 1 is 1.47 bits per heavy atom. The van der Waals surface area contributed by atoms with Gasteiger partial charge in [0.25, 0.3) is 5.92 Å². The topological polar surface area (TPSA) is 106 Å². The highest BCUT2D eigenvalue weighted by atomic mass is 19.3. The lowest BCUT2D eigenvalue weighted by molar-refractivity contribution is -0.0201. The van der Waals surface area contributed by atoms with Crippen molar-refractivity contribution in [2.45, 2.75) is 25.4 Å². The van der Waals surface area contributed by atoms with Crippen molar-refractivity contribution < 1.29 is 8.78 Å². The summed E-state index contributed by atoms with van der Waals surface area (Å²) in [5.41, 5.74) is 5.08. The molecule has 3 heterocycles. The molecule has 2 aromatic heterocycles. The van der Waals surface area contributed by atoms with E-state index in [1.807, 2.05) is 0 Å². The summed E-state index contributed by atoms with van der Waals surface area (Å²) in [6.07, 6.45) is 2.90. The van der Waals surface area contributed by atoms with Gasteiger partial charge in [0.1, 0.15) is 17.4 Å². The highest BCUT2D eigenvalue weighted by molar-refractivity contribution is 6.27. The quantitative estimate of drug-likeness (QED) is 0.497. The van der Waals surface area contributed by atoms with Crippen molar-refractivity contribution in [3.05, 3.63) is 35.8 Å². The standard InChI is InChI=1S/C20H20F2N8/c1-12(24)7-26-27-9-18-28-16-8-25-15-4-3-13(6-23)5-14(15)19(16)30(18)17-10-29(2)11-20(17,21)22/h3-5,7-8,17,24,27H,9-11H2,1-2H3/b24-12?,26-7-. The van der Waals surface area contributed by atoms with E-state index in [4.69, 9.17) is 5.41 Å². The van der Waals surface area contributed by atoms with Gasteiger partial charge in [-0.1, -0.05) is 0 Å². The third kappa shape index (κ3) is 3.48. The molecule has 8 nitrogen and oxygen atoms in total. The molecule has 1 aliphatic heterocycles. The Bertz CT molecular complexity index is 1210. The van der Waals surface area contributed by atoms with Gasteiger partial charge >= 0.3 is 0 Å². The predicted octanol–water partition coefficient (Wildman–Crippen LogP) is 2.69. The largest absolute Gasteiger partial charge is 0.315 e. The molecule has 4 rings (SSSR count). The van der Waals surface area contributed by atoms with E-state index in [-0.39, 0.29) is 25.3 Å². The summed E-state index contributed by atoms with van der Waals surface area (Å²) in [4.78, 5) is 10.5. The Hall–Kier alpha value is -3.45. The zero-order valence-electron chi connectivity index (χ0n) is 16.5. The molecule has 1 saturated heterocycles. The van der Waals surface area contributed by atoms with Crippen LogP contribution in [-0.4, -0.2) is 57.4 Å². The lowest BCUT2D eigenvalue weighted by atomic mass is 10.1. The number of hydrogen-bond donors (Lipinski definition) is 2. The van der Waals surface area contributed by atoms with Crippen LogP contribution >= 0.6 is 0 Å². The van der Waals surface area contributed by atoms with Gasteiger partial charge in [0.15, 0.2) is 0 Å². The Morgan fingerprint density at radius 2 is 2.27 bits per heavy atom. The van der Waals surface area contributed by atoms with Gasteiger partial charge in [0.05, 0.1) is 48.2 Å². The number of nitrogens with one attached hydrogen (secondary N) is 2. The Kier molecular flexibility index (Phi) is 4.91. The van der Waals surface area contributed by atoms with E-state index in [2.05, 4.69) is 26.6 Å². The third-order valence-corrected chi connectivity index (χ3v) is 5.07. The fraction of sp³-hybridized carbons (Fsp3) is 0.350. The molecular formula is C20H20F2N8. The van der Waals surface area contributed by atoms with E-state index in [9.17, 15) is 14.0 Å². The van der Waals surface area contributed by atoms with Crippen LogP contribution in [0.1, 0.15) is 24.4 Å². The normalized spacial score (nSPS) is 19.0. The number of benzene rings is 1. The summed E-state index contributed by atoms with van der Waals surface area (Å²) in [7, 11) is 1.66.